The molecule has 0 fully saturated rings. The third-order valence-corrected chi connectivity index (χ3v) is 2.37. The molecule has 0 aliphatic rings. The zero-order chi connectivity index (χ0) is 11.4. The van der Waals surface area contributed by atoms with E-state index in [0.29, 0.717) is 5.75 Å². The molecule has 0 N–H and O–H groups in total. The summed E-state index contributed by atoms with van der Waals surface area (Å²) in [6.07, 6.45) is 0. The number of nitro groups is 1. The van der Waals surface area contributed by atoms with Gasteiger partial charge in [0.2, 0.25) is 0 Å². The first-order chi connectivity index (χ1) is 7.02. The highest BCUT2D eigenvalue weighted by Crippen LogP contribution is 2.33. The second-order valence-corrected chi connectivity index (χ2v) is 3.63. The molecule has 0 amide bonds. The first-order valence-corrected chi connectivity index (χ1v) is 4.87. The van der Waals surface area contributed by atoms with Crippen molar-refractivity contribution in [2.75, 3.05) is 6.61 Å². The summed E-state index contributed by atoms with van der Waals surface area (Å²) in [6.45, 7) is 1.28. The van der Waals surface area contributed by atoms with Crippen molar-refractivity contribution >= 4 is 27.4 Å². The van der Waals surface area contributed by atoms with E-state index < -0.39 is 4.92 Å². The van der Waals surface area contributed by atoms with Gasteiger partial charge in [0.1, 0.15) is 16.8 Å². The van der Waals surface area contributed by atoms with Gasteiger partial charge in [-0.1, -0.05) is 6.07 Å². The summed E-state index contributed by atoms with van der Waals surface area (Å²) in [5, 5.41) is 10.6. The number of Topliss-reactive ketones (excluding diaryl/α,β-unsaturated/α-hetero) is 1. The number of halogens is 1. The first kappa shape index (κ1) is 11.6. The lowest BCUT2D eigenvalue weighted by molar-refractivity contribution is -0.385. The average molecular weight is 274 g/mol. The van der Waals surface area contributed by atoms with E-state index in [1.165, 1.54) is 19.1 Å². The highest BCUT2D eigenvalue weighted by atomic mass is 79.9. The molecule has 80 valence electrons. The maximum absolute atomic E-state index is 10.7. The Morgan fingerprint density at radius 1 is 1.60 bits per heavy atom. The summed E-state index contributed by atoms with van der Waals surface area (Å²) in [5.41, 5.74) is -0.0870. The van der Waals surface area contributed by atoms with Crippen LogP contribution in [0.25, 0.3) is 0 Å². The molecule has 0 saturated heterocycles. The van der Waals surface area contributed by atoms with Crippen molar-refractivity contribution in [1.29, 1.82) is 0 Å². The molecule has 6 heteroatoms. The molecule has 0 heterocycles. The molecule has 0 spiro atoms. The monoisotopic (exact) mass is 273 g/mol. The van der Waals surface area contributed by atoms with E-state index in [0.717, 1.165) is 0 Å². The number of carbonyl (C=O) groups is 1. The van der Waals surface area contributed by atoms with Crippen LogP contribution >= 0.6 is 15.9 Å². The molecule has 0 aromatic heterocycles. The number of hydrogen-bond donors (Lipinski definition) is 0. The van der Waals surface area contributed by atoms with Gasteiger partial charge in [0.25, 0.3) is 5.69 Å². The summed E-state index contributed by atoms with van der Waals surface area (Å²) in [5.74, 6) is 0.146. The van der Waals surface area contributed by atoms with Crippen LogP contribution in [0.1, 0.15) is 6.92 Å². The Labute approximate surface area is 94.3 Å². The van der Waals surface area contributed by atoms with Crippen molar-refractivity contribution in [1.82, 2.24) is 0 Å². The van der Waals surface area contributed by atoms with Gasteiger partial charge >= 0.3 is 0 Å². The molecule has 0 saturated carbocycles. The molecule has 0 bridgehead atoms. The fourth-order valence-corrected chi connectivity index (χ4v) is 1.45. The van der Waals surface area contributed by atoms with Crippen LogP contribution in [0.5, 0.6) is 5.75 Å². The second kappa shape index (κ2) is 4.88. The lowest BCUT2D eigenvalue weighted by Crippen LogP contribution is -2.07. The number of rotatable bonds is 4. The third kappa shape index (κ3) is 3.02. The van der Waals surface area contributed by atoms with Crippen molar-refractivity contribution in [3.8, 4) is 5.75 Å². The van der Waals surface area contributed by atoms with Crippen LogP contribution < -0.4 is 4.74 Å². The van der Waals surface area contributed by atoms with E-state index in [9.17, 15) is 14.9 Å². The van der Waals surface area contributed by atoms with E-state index in [-0.39, 0.29) is 22.6 Å². The molecule has 0 radical (unpaired) electrons. The van der Waals surface area contributed by atoms with Crippen LogP contribution in [-0.4, -0.2) is 17.3 Å². The smallest absolute Gasteiger partial charge is 0.287 e. The van der Waals surface area contributed by atoms with Crippen LogP contribution in [0.4, 0.5) is 5.69 Å². The second-order valence-electron chi connectivity index (χ2n) is 2.84. The SMILES string of the molecule is CC(=O)COc1cccc([N+](=O)[O-])c1Br. The first-order valence-electron chi connectivity index (χ1n) is 4.07. The van der Waals surface area contributed by atoms with E-state index in [1.54, 1.807) is 6.07 Å². The van der Waals surface area contributed by atoms with Crippen molar-refractivity contribution in [2.45, 2.75) is 6.92 Å². The molecule has 1 aromatic carbocycles. The number of ketones is 1. The largest absolute Gasteiger partial charge is 0.484 e. The van der Waals surface area contributed by atoms with E-state index >= 15 is 0 Å². The number of nitro benzene ring substituents is 1. The van der Waals surface area contributed by atoms with Gasteiger partial charge in [-0.3, -0.25) is 14.9 Å². The Kier molecular flexibility index (Phi) is 3.79. The fraction of sp³-hybridized carbons (Fsp3) is 0.222. The highest BCUT2D eigenvalue weighted by molar-refractivity contribution is 9.10. The summed E-state index contributed by atoms with van der Waals surface area (Å²) in [4.78, 5) is 20.7. The van der Waals surface area contributed by atoms with Crippen LogP contribution in [0.2, 0.25) is 0 Å². The maximum atomic E-state index is 10.7. The highest BCUT2D eigenvalue weighted by Gasteiger charge is 2.15. The summed E-state index contributed by atoms with van der Waals surface area (Å²) in [7, 11) is 0. The predicted molar refractivity (Wildman–Crippen MR) is 57.0 cm³/mol. The van der Waals surface area contributed by atoms with Gasteiger partial charge in [-0.05, 0) is 28.9 Å². The van der Waals surface area contributed by atoms with Gasteiger partial charge in [0, 0.05) is 6.07 Å². The molecule has 0 aliphatic carbocycles. The van der Waals surface area contributed by atoms with Gasteiger partial charge in [0.05, 0.1) is 4.92 Å². The van der Waals surface area contributed by atoms with E-state index in [4.69, 9.17) is 4.74 Å². The van der Waals surface area contributed by atoms with Crippen LogP contribution in [0.15, 0.2) is 22.7 Å². The van der Waals surface area contributed by atoms with Gasteiger partial charge in [-0.25, -0.2) is 0 Å². The Balaban J connectivity index is 2.94. The van der Waals surface area contributed by atoms with Gasteiger partial charge in [-0.2, -0.15) is 0 Å². The summed E-state index contributed by atoms with van der Waals surface area (Å²) >= 11 is 3.05. The summed E-state index contributed by atoms with van der Waals surface area (Å²) in [6, 6.07) is 4.41. The Bertz CT molecular complexity index is 405. The maximum Gasteiger partial charge on any atom is 0.287 e. The zero-order valence-corrected chi connectivity index (χ0v) is 9.48. The molecule has 5 nitrogen and oxygen atoms in total. The van der Waals surface area contributed by atoms with Crippen LogP contribution in [-0.2, 0) is 4.79 Å². The van der Waals surface area contributed by atoms with E-state index in [2.05, 4.69) is 15.9 Å². The van der Waals surface area contributed by atoms with Crippen molar-refractivity contribution in [3.05, 3.63) is 32.8 Å². The number of carbonyl (C=O) groups excluding carboxylic acids is 1. The summed E-state index contributed by atoms with van der Waals surface area (Å²) < 4.78 is 5.33. The van der Waals surface area contributed by atoms with Crippen LogP contribution in [0.3, 0.4) is 0 Å². The van der Waals surface area contributed by atoms with Crippen molar-refractivity contribution in [2.24, 2.45) is 0 Å². The molecule has 15 heavy (non-hydrogen) atoms. The normalized spacial score (nSPS) is 9.73. The molecule has 1 aromatic rings. The number of ether oxygens (including phenoxy) is 1. The molecule has 0 unspecified atom stereocenters. The fourth-order valence-electron chi connectivity index (χ4n) is 0.931. The number of benzene rings is 1. The topological polar surface area (TPSA) is 69.4 Å². The minimum atomic E-state index is -0.523. The van der Waals surface area contributed by atoms with Gasteiger partial charge in [-0.15, -0.1) is 0 Å². The average Bonchev–Trinajstić information content (AvgIpc) is 2.15. The van der Waals surface area contributed by atoms with Crippen molar-refractivity contribution in [3.63, 3.8) is 0 Å². The zero-order valence-electron chi connectivity index (χ0n) is 7.90. The Morgan fingerprint density at radius 3 is 2.80 bits per heavy atom. The lowest BCUT2D eigenvalue weighted by Gasteiger charge is -2.05. The number of nitrogens with zero attached hydrogens (tertiary/aromatic N) is 1. The quantitative estimate of drug-likeness (QED) is 0.624. The van der Waals surface area contributed by atoms with Crippen LogP contribution in [0, 0.1) is 10.1 Å². The molecule has 1 rings (SSSR count). The van der Waals surface area contributed by atoms with E-state index in [1.807, 2.05) is 0 Å². The van der Waals surface area contributed by atoms with Gasteiger partial charge < -0.3 is 4.74 Å². The number of hydrogen-bond acceptors (Lipinski definition) is 4. The minimum Gasteiger partial charge on any atom is -0.484 e. The lowest BCUT2D eigenvalue weighted by atomic mass is 10.3. The molecule has 0 aliphatic heterocycles. The minimum absolute atomic E-state index is 0.0870. The van der Waals surface area contributed by atoms with Gasteiger partial charge in [0.15, 0.2) is 5.78 Å². The Hall–Kier alpha value is -1.43. The predicted octanol–water partition coefficient (Wildman–Crippen LogP) is 2.33. The molecule has 0 atom stereocenters. The Morgan fingerprint density at radius 2 is 2.27 bits per heavy atom. The molecular formula is C9H8BrNO4. The standard InChI is InChI=1S/C9H8BrNO4/c1-6(12)5-15-8-4-2-3-7(9(8)10)11(13)14/h2-4H,5H2,1H3. The third-order valence-electron chi connectivity index (χ3n) is 1.57. The molecular weight excluding hydrogens is 266 g/mol. The van der Waals surface area contributed by atoms with Crippen molar-refractivity contribution < 1.29 is 14.5 Å².